The summed E-state index contributed by atoms with van der Waals surface area (Å²) in [4.78, 5) is 11.6. The fourth-order valence-corrected chi connectivity index (χ4v) is 2.62. The number of hydrogen-bond acceptors (Lipinski definition) is 8. The van der Waals surface area contributed by atoms with Gasteiger partial charge in [0.05, 0.1) is 58.6 Å². The number of carbonyl (C=O) groups excluding carboxylic acids is 1. The summed E-state index contributed by atoms with van der Waals surface area (Å²) in [6.45, 7) is 2.99. The molecule has 2 N–H and O–H groups in total. The zero-order valence-corrected chi connectivity index (χ0v) is 16.1. The van der Waals surface area contributed by atoms with Gasteiger partial charge in [-0.2, -0.15) is 19.8 Å². The van der Waals surface area contributed by atoms with E-state index in [-0.39, 0.29) is 19.1 Å². The average molecular weight is 411 g/mol. The quantitative estimate of drug-likeness (QED) is 0.297. The highest BCUT2D eigenvalue weighted by atomic mass is 32.2. The molecule has 1 amide bonds. The van der Waals surface area contributed by atoms with Crippen molar-refractivity contribution in [3.63, 3.8) is 0 Å². The fraction of sp³-hybridized carbons (Fsp3) is 0.667. The number of thiophene rings is 1. The molecule has 1 aromatic rings. The molecule has 26 heavy (non-hydrogen) atoms. The Morgan fingerprint density at radius 3 is 2.00 bits per heavy atom. The Bertz CT molecular complexity index is 576. The van der Waals surface area contributed by atoms with E-state index in [1.165, 1.54) is 11.3 Å². The maximum Gasteiger partial charge on any atom is 0.267 e. The van der Waals surface area contributed by atoms with Crippen molar-refractivity contribution in [1.29, 1.82) is 0 Å². The van der Waals surface area contributed by atoms with Crippen LogP contribution in [0.1, 0.15) is 10.4 Å². The topological polar surface area (TPSA) is 120 Å². The maximum atomic E-state index is 11.6. The molecule has 0 atom stereocenters. The molecule has 1 aromatic heterocycles. The molecule has 0 fully saturated rings. The van der Waals surface area contributed by atoms with Crippen LogP contribution in [0.3, 0.4) is 0 Å². The molecule has 11 heteroatoms. The third kappa shape index (κ3) is 13.2. The van der Waals surface area contributed by atoms with Crippen LogP contribution < -0.4 is 5.32 Å². The highest BCUT2D eigenvalue weighted by Crippen LogP contribution is 2.04. The Hall–Kier alpha value is -1.08. The molecule has 0 aliphatic rings. The lowest BCUT2D eigenvalue weighted by atomic mass is 10.3. The first-order chi connectivity index (χ1) is 12.5. The second-order valence-corrected chi connectivity index (χ2v) is 7.36. The van der Waals surface area contributed by atoms with Crippen LogP contribution in [-0.4, -0.2) is 84.0 Å². The second-order valence-electron chi connectivity index (χ2n) is 5.00. The third-order valence-electron chi connectivity index (χ3n) is 2.92. The number of hydrogen-bond donors (Lipinski definition) is 2. The number of rotatable bonds is 16. The van der Waals surface area contributed by atoms with Crippen LogP contribution in [0.2, 0.25) is 0 Å². The molecule has 0 aliphatic carbocycles. The van der Waals surface area contributed by atoms with Gasteiger partial charge >= 0.3 is 0 Å². The molecule has 0 bridgehead atoms. The number of ether oxygens (including phenoxy) is 4. The minimum atomic E-state index is -3.97. The lowest BCUT2D eigenvalue weighted by molar-refractivity contribution is 0.0000563. The first kappa shape index (κ1) is 23.0. The summed E-state index contributed by atoms with van der Waals surface area (Å²) in [6.07, 6.45) is 0. The summed E-state index contributed by atoms with van der Waals surface area (Å²) in [6, 6.07) is 1.77. The summed E-state index contributed by atoms with van der Waals surface area (Å²) >= 11 is 1.47. The molecule has 0 unspecified atom stereocenters. The minimum absolute atomic E-state index is 0.0657. The van der Waals surface area contributed by atoms with E-state index in [0.29, 0.717) is 51.7 Å². The molecule has 0 radical (unpaired) electrons. The molecule has 0 aromatic carbocycles. The van der Waals surface area contributed by atoms with Gasteiger partial charge in [0.1, 0.15) is 0 Å². The molecule has 0 saturated heterocycles. The van der Waals surface area contributed by atoms with E-state index in [1.54, 1.807) is 11.4 Å². The molecule has 1 rings (SSSR count). The number of carbonyl (C=O) groups is 1. The van der Waals surface area contributed by atoms with E-state index in [0.717, 1.165) is 0 Å². The zero-order chi connectivity index (χ0) is 19.1. The minimum Gasteiger partial charge on any atom is -0.378 e. The predicted molar refractivity (Wildman–Crippen MR) is 96.3 cm³/mol. The van der Waals surface area contributed by atoms with Crippen molar-refractivity contribution < 1.29 is 36.7 Å². The highest BCUT2D eigenvalue weighted by molar-refractivity contribution is 7.85. The van der Waals surface area contributed by atoms with Crippen LogP contribution in [0.5, 0.6) is 0 Å². The molecule has 150 valence electrons. The van der Waals surface area contributed by atoms with Crippen LogP contribution in [0, 0.1) is 0 Å². The van der Waals surface area contributed by atoms with Crippen LogP contribution in [0.4, 0.5) is 0 Å². The molecule has 1 heterocycles. The molecular formula is C15H25NO8S2. The fourth-order valence-electron chi connectivity index (χ4n) is 1.66. The smallest absolute Gasteiger partial charge is 0.267 e. The largest absolute Gasteiger partial charge is 0.378 e. The Morgan fingerprint density at radius 2 is 1.50 bits per heavy atom. The van der Waals surface area contributed by atoms with Gasteiger partial charge in [0, 0.05) is 17.5 Å². The van der Waals surface area contributed by atoms with Crippen molar-refractivity contribution in [2.75, 3.05) is 65.2 Å². The van der Waals surface area contributed by atoms with Crippen LogP contribution in [-0.2, 0) is 29.1 Å². The summed E-state index contributed by atoms with van der Waals surface area (Å²) in [7, 11) is -3.97. The van der Waals surface area contributed by atoms with Crippen molar-refractivity contribution >= 4 is 27.4 Å². The third-order valence-corrected chi connectivity index (χ3v) is 4.28. The van der Waals surface area contributed by atoms with E-state index >= 15 is 0 Å². The Kier molecular flexibility index (Phi) is 12.4. The summed E-state index contributed by atoms with van der Waals surface area (Å²) in [5.41, 5.74) is 0.655. The van der Waals surface area contributed by atoms with Gasteiger partial charge in [0.2, 0.25) is 0 Å². The normalized spacial score (nSPS) is 11.6. The molecular weight excluding hydrogens is 386 g/mol. The van der Waals surface area contributed by atoms with E-state index < -0.39 is 15.9 Å². The Morgan fingerprint density at radius 1 is 0.962 bits per heavy atom. The molecule has 0 aliphatic heterocycles. The summed E-state index contributed by atoms with van der Waals surface area (Å²) in [5, 5.41) is 6.40. The van der Waals surface area contributed by atoms with Crippen LogP contribution in [0.25, 0.3) is 0 Å². The van der Waals surface area contributed by atoms with Gasteiger partial charge in [-0.15, -0.1) is 0 Å². The van der Waals surface area contributed by atoms with E-state index in [2.05, 4.69) is 5.32 Å². The highest BCUT2D eigenvalue weighted by Gasteiger charge is 2.04. The first-order valence-corrected chi connectivity index (χ1v) is 10.6. The predicted octanol–water partition coefficient (Wildman–Crippen LogP) is 0.432. The van der Waals surface area contributed by atoms with Crippen molar-refractivity contribution in [1.82, 2.24) is 5.32 Å². The number of nitrogens with one attached hydrogen (secondary N) is 1. The Balaban J connectivity index is 1.76. The van der Waals surface area contributed by atoms with Gasteiger partial charge in [0.15, 0.2) is 0 Å². The van der Waals surface area contributed by atoms with Gasteiger partial charge in [-0.25, -0.2) is 0 Å². The van der Waals surface area contributed by atoms with Crippen molar-refractivity contribution in [3.05, 3.63) is 22.4 Å². The van der Waals surface area contributed by atoms with Gasteiger partial charge in [-0.05, 0) is 11.4 Å². The molecule has 0 saturated carbocycles. The maximum absolute atomic E-state index is 11.6. The van der Waals surface area contributed by atoms with Crippen molar-refractivity contribution in [2.45, 2.75) is 0 Å². The van der Waals surface area contributed by atoms with E-state index in [4.69, 9.17) is 23.5 Å². The van der Waals surface area contributed by atoms with E-state index in [9.17, 15) is 13.2 Å². The molecule has 9 nitrogen and oxygen atoms in total. The second kappa shape index (κ2) is 14.0. The SMILES string of the molecule is O=C(NCCOCCOCCOCCOCCS(=O)(=O)O)c1ccsc1. The van der Waals surface area contributed by atoms with E-state index in [1.807, 2.05) is 5.38 Å². The van der Waals surface area contributed by atoms with Gasteiger partial charge in [0.25, 0.3) is 16.0 Å². The van der Waals surface area contributed by atoms with Gasteiger partial charge < -0.3 is 24.3 Å². The summed E-state index contributed by atoms with van der Waals surface area (Å²) < 4.78 is 50.2. The van der Waals surface area contributed by atoms with Crippen LogP contribution >= 0.6 is 11.3 Å². The van der Waals surface area contributed by atoms with Crippen molar-refractivity contribution in [3.8, 4) is 0 Å². The first-order valence-electron chi connectivity index (χ1n) is 8.05. The van der Waals surface area contributed by atoms with Crippen LogP contribution in [0.15, 0.2) is 16.8 Å². The standard InChI is InChI=1S/C15H25NO8S2/c17-15(14-1-11-25-13-14)16-2-3-21-4-5-22-6-7-23-8-9-24-10-12-26(18,19)20/h1,11,13H,2-10,12H2,(H,16,17)(H,18,19,20). The van der Waals surface area contributed by atoms with Gasteiger partial charge in [-0.1, -0.05) is 0 Å². The van der Waals surface area contributed by atoms with Crippen molar-refractivity contribution in [2.24, 2.45) is 0 Å². The van der Waals surface area contributed by atoms with Gasteiger partial charge in [-0.3, -0.25) is 9.35 Å². The average Bonchev–Trinajstić information content (AvgIpc) is 3.12. The number of amides is 1. The lowest BCUT2D eigenvalue weighted by Crippen LogP contribution is -2.27. The summed E-state index contributed by atoms with van der Waals surface area (Å²) in [5.74, 6) is -0.529. The zero-order valence-electron chi connectivity index (χ0n) is 14.4. The molecule has 0 spiro atoms. The Labute approximate surface area is 157 Å². The lowest BCUT2D eigenvalue weighted by Gasteiger charge is -2.08. The monoisotopic (exact) mass is 411 g/mol.